The zero-order valence-electron chi connectivity index (χ0n) is 11.2. The third kappa shape index (κ3) is 4.58. The van der Waals surface area contributed by atoms with Gasteiger partial charge >= 0.3 is 0 Å². The van der Waals surface area contributed by atoms with E-state index in [0.29, 0.717) is 17.3 Å². The van der Waals surface area contributed by atoms with Crippen molar-refractivity contribution in [2.75, 3.05) is 12.3 Å². The highest BCUT2D eigenvalue weighted by Gasteiger charge is 2.04. The van der Waals surface area contributed by atoms with E-state index in [9.17, 15) is 4.79 Å². The van der Waals surface area contributed by atoms with Crippen LogP contribution in [0.25, 0.3) is 0 Å². The van der Waals surface area contributed by atoms with Gasteiger partial charge in [-0.3, -0.25) is 4.79 Å². The first-order valence-corrected chi connectivity index (χ1v) is 7.63. The van der Waals surface area contributed by atoms with Crippen LogP contribution in [0, 0.1) is 0 Å². The highest BCUT2D eigenvalue weighted by Crippen LogP contribution is 2.19. The zero-order chi connectivity index (χ0) is 14.4. The maximum atomic E-state index is 11.7. The quantitative estimate of drug-likeness (QED) is 0.834. The topological polar surface area (TPSA) is 46.9 Å². The van der Waals surface area contributed by atoms with Gasteiger partial charge < -0.3 is 9.88 Å². The van der Waals surface area contributed by atoms with Crippen molar-refractivity contribution in [3.63, 3.8) is 0 Å². The van der Waals surface area contributed by atoms with Crippen LogP contribution in [0.4, 0.5) is 0 Å². The number of amides is 1. The van der Waals surface area contributed by atoms with E-state index < -0.39 is 0 Å². The van der Waals surface area contributed by atoms with Gasteiger partial charge in [-0.15, -0.1) is 11.8 Å². The Bertz CT molecular complexity index is 568. The van der Waals surface area contributed by atoms with Gasteiger partial charge in [0.2, 0.25) is 5.91 Å². The zero-order valence-corrected chi connectivity index (χ0v) is 12.7. The minimum absolute atomic E-state index is 0.0270. The molecular weight excluding hydrogens is 294 g/mol. The van der Waals surface area contributed by atoms with E-state index in [1.54, 1.807) is 6.20 Å². The van der Waals surface area contributed by atoms with Gasteiger partial charge in [-0.1, -0.05) is 11.6 Å². The molecule has 4 nitrogen and oxygen atoms in total. The molecule has 0 saturated heterocycles. The van der Waals surface area contributed by atoms with Gasteiger partial charge in [0, 0.05) is 42.3 Å². The van der Waals surface area contributed by atoms with Crippen molar-refractivity contribution in [3.05, 3.63) is 47.5 Å². The second-order valence-corrected chi connectivity index (χ2v) is 5.78. The van der Waals surface area contributed by atoms with Crippen LogP contribution in [0.15, 0.2) is 41.6 Å². The van der Waals surface area contributed by atoms with Gasteiger partial charge in [-0.05, 0) is 24.3 Å². The van der Waals surface area contributed by atoms with Gasteiger partial charge in [0.15, 0.2) is 0 Å². The molecule has 20 heavy (non-hydrogen) atoms. The Morgan fingerprint density at radius 3 is 2.80 bits per heavy atom. The molecule has 1 aromatic heterocycles. The van der Waals surface area contributed by atoms with Crippen LogP contribution in [0.1, 0.15) is 5.82 Å². The number of nitrogens with one attached hydrogen (secondary N) is 1. The lowest BCUT2D eigenvalue weighted by Crippen LogP contribution is -2.27. The minimum Gasteiger partial charge on any atom is -0.355 e. The molecular formula is C14H16ClN3OS. The number of hydrogen-bond donors (Lipinski definition) is 1. The SMILES string of the molecule is Cn1ccnc1CCNC(=O)CSc1ccc(Cl)cc1. The normalized spacial score (nSPS) is 10.5. The summed E-state index contributed by atoms with van der Waals surface area (Å²) >= 11 is 7.30. The van der Waals surface area contributed by atoms with Gasteiger partial charge in [0.1, 0.15) is 5.82 Å². The van der Waals surface area contributed by atoms with E-state index in [2.05, 4.69) is 10.3 Å². The second-order valence-electron chi connectivity index (χ2n) is 4.30. The molecule has 0 saturated carbocycles. The molecule has 1 aromatic carbocycles. The first-order valence-electron chi connectivity index (χ1n) is 6.26. The molecule has 6 heteroatoms. The predicted octanol–water partition coefficient (Wildman–Crippen LogP) is 2.52. The molecule has 0 aliphatic heterocycles. The van der Waals surface area contributed by atoms with E-state index in [4.69, 9.17) is 11.6 Å². The van der Waals surface area contributed by atoms with Crippen molar-refractivity contribution < 1.29 is 4.79 Å². The van der Waals surface area contributed by atoms with E-state index in [0.717, 1.165) is 17.1 Å². The van der Waals surface area contributed by atoms with Crippen LogP contribution in [0.2, 0.25) is 5.02 Å². The van der Waals surface area contributed by atoms with Crippen molar-refractivity contribution in [2.45, 2.75) is 11.3 Å². The average Bonchev–Trinajstić information content (AvgIpc) is 2.84. The number of thioether (sulfide) groups is 1. The minimum atomic E-state index is 0.0270. The largest absolute Gasteiger partial charge is 0.355 e. The summed E-state index contributed by atoms with van der Waals surface area (Å²) in [5.41, 5.74) is 0. The highest BCUT2D eigenvalue weighted by atomic mass is 35.5. The van der Waals surface area contributed by atoms with Gasteiger partial charge in [0.05, 0.1) is 5.75 Å². The molecule has 0 bridgehead atoms. The summed E-state index contributed by atoms with van der Waals surface area (Å²) in [5, 5.41) is 3.59. The van der Waals surface area contributed by atoms with Crippen molar-refractivity contribution >= 4 is 29.3 Å². The third-order valence-electron chi connectivity index (χ3n) is 2.78. The summed E-state index contributed by atoms with van der Waals surface area (Å²) in [4.78, 5) is 17.0. The molecule has 0 unspecified atom stereocenters. The fraction of sp³-hybridized carbons (Fsp3) is 0.286. The predicted molar refractivity (Wildman–Crippen MR) is 82.1 cm³/mol. The van der Waals surface area contributed by atoms with Gasteiger partial charge in [-0.2, -0.15) is 0 Å². The molecule has 0 aliphatic carbocycles. The van der Waals surface area contributed by atoms with Crippen molar-refractivity contribution in [2.24, 2.45) is 7.05 Å². The van der Waals surface area contributed by atoms with Gasteiger partial charge in [0.25, 0.3) is 0 Å². The van der Waals surface area contributed by atoms with Crippen LogP contribution in [-0.2, 0) is 18.3 Å². The number of carbonyl (C=O) groups is 1. The Morgan fingerprint density at radius 1 is 1.40 bits per heavy atom. The lowest BCUT2D eigenvalue weighted by molar-refractivity contribution is -0.118. The highest BCUT2D eigenvalue weighted by molar-refractivity contribution is 8.00. The van der Waals surface area contributed by atoms with Crippen LogP contribution >= 0.6 is 23.4 Å². The Hall–Kier alpha value is -1.46. The summed E-state index contributed by atoms with van der Waals surface area (Å²) in [6.45, 7) is 0.602. The number of aromatic nitrogens is 2. The molecule has 0 fully saturated rings. The summed E-state index contributed by atoms with van der Waals surface area (Å²) in [6, 6.07) is 7.47. The van der Waals surface area contributed by atoms with Crippen LogP contribution in [0.3, 0.4) is 0 Å². The molecule has 0 spiro atoms. The monoisotopic (exact) mass is 309 g/mol. The molecule has 1 N–H and O–H groups in total. The molecule has 1 heterocycles. The van der Waals surface area contributed by atoms with Crippen molar-refractivity contribution in [1.82, 2.24) is 14.9 Å². The summed E-state index contributed by atoms with van der Waals surface area (Å²) in [5.74, 6) is 1.40. The maximum absolute atomic E-state index is 11.7. The number of hydrogen-bond acceptors (Lipinski definition) is 3. The summed E-state index contributed by atoms with van der Waals surface area (Å²) in [6.07, 6.45) is 4.39. The molecule has 2 aromatic rings. The summed E-state index contributed by atoms with van der Waals surface area (Å²) < 4.78 is 1.95. The van der Waals surface area contributed by atoms with E-state index in [1.807, 2.05) is 42.1 Å². The number of carbonyl (C=O) groups excluding carboxylic acids is 1. The Kier molecular flexibility index (Phi) is 5.49. The number of imidazole rings is 1. The third-order valence-corrected chi connectivity index (χ3v) is 4.04. The molecule has 106 valence electrons. The number of nitrogens with zero attached hydrogens (tertiary/aromatic N) is 2. The lowest BCUT2D eigenvalue weighted by atomic mass is 10.4. The van der Waals surface area contributed by atoms with E-state index in [1.165, 1.54) is 11.8 Å². The van der Waals surface area contributed by atoms with Crippen molar-refractivity contribution in [3.8, 4) is 0 Å². The maximum Gasteiger partial charge on any atom is 0.230 e. The fourth-order valence-electron chi connectivity index (χ4n) is 1.68. The molecule has 0 atom stereocenters. The van der Waals surface area contributed by atoms with Crippen molar-refractivity contribution in [1.29, 1.82) is 0 Å². The molecule has 1 amide bonds. The van der Waals surface area contributed by atoms with Gasteiger partial charge in [-0.25, -0.2) is 4.98 Å². The smallest absolute Gasteiger partial charge is 0.230 e. The van der Waals surface area contributed by atoms with E-state index in [-0.39, 0.29) is 5.91 Å². The van der Waals surface area contributed by atoms with Crippen LogP contribution < -0.4 is 5.32 Å². The van der Waals surface area contributed by atoms with Crippen LogP contribution in [-0.4, -0.2) is 27.8 Å². The Morgan fingerprint density at radius 2 is 2.15 bits per heavy atom. The molecule has 2 rings (SSSR count). The number of aryl methyl sites for hydroxylation is 1. The number of benzene rings is 1. The van der Waals surface area contributed by atoms with Crippen LogP contribution in [0.5, 0.6) is 0 Å². The first kappa shape index (κ1) is 14.9. The van der Waals surface area contributed by atoms with E-state index >= 15 is 0 Å². The number of halogens is 1. The molecule has 0 radical (unpaired) electrons. The Balaban J connectivity index is 1.68. The standard InChI is InChI=1S/C14H16ClN3OS/c1-18-9-8-16-13(18)6-7-17-14(19)10-20-12-4-2-11(15)3-5-12/h2-5,8-9H,6-7,10H2,1H3,(H,17,19). The molecule has 0 aliphatic rings. The second kappa shape index (κ2) is 7.36. The fourth-order valence-corrected chi connectivity index (χ4v) is 2.54. The average molecular weight is 310 g/mol. The Labute approximate surface area is 127 Å². The lowest BCUT2D eigenvalue weighted by Gasteiger charge is -2.05. The number of rotatable bonds is 6. The summed E-state index contributed by atoms with van der Waals surface area (Å²) in [7, 11) is 1.94. The first-order chi connectivity index (χ1) is 9.65.